The van der Waals surface area contributed by atoms with Gasteiger partial charge in [0, 0.05) is 54.9 Å². The smallest absolute Gasteiger partial charge is 0.253 e. The molecule has 2 amide bonds. The van der Waals surface area contributed by atoms with Gasteiger partial charge in [-0.1, -0.05) is 15.9 Å². The molecule has 0 bridgehead atoms. The zero-order valence-electron chi connectivity index (χ0n) is 15.9. The van der Waals surface area contributed by atoms with Gasteiger partial charge in [-0.2, -0.15) is 0 Å². The lowest BCUT2D eigenvalue weighted by molar-refractivity contribution is 0.0638. The summed E-state index contributed by atoms with van der Waals surface area (Å²) in [6.07, 6.45) is 0. The standard InChI is InChI=1S/C21H22BrN3O4/c22-17-4-1-15(2-5-17)21(27)25-11-9-24(10-12-25)8-7-23-20(26)16-3-6-18-19(13-16)29-14-28-18/h1-6,13H,7-12,14H2,(H,23,26). The highest BCUT2D eigenvalue weighted by molar-refractivity contribution is 9.10. The van der Waals surface area contributed by atoms with Gasteiger partial charge < -0.3 is 19.7 Å². The van der Waals surface area contributed by atoms with Crippen molar-refractivity contribution in [3.63, 3.8) is 0 Å². The lowest BCUT2D eigenvalue weighted by Gasteiger charge is -2.34. The van der Waals surface area contributed by atoms with Crippen molar-refractivity contribution >= 4 is 27.7 Å². The zero-order valence-corrected chi connectivity index (χ0v) is 17.5. The van der Waals surface area contributed by atoms with Crippen LogP contribution in [0.1, 0.15) is 20.7 Å². The molecule has 152 valence electrons. The first-order valence-corrected chi connectivity index (χ1v) is 10.3. The predicted octanol–water partition coefficient (Wildman–Crippen LogP) is 2.37. The van der Waals surface area contributed by atoms with Crippen LogP contribution in [0.15, 0.2) is 46.9 Å². The number of nitrogens with one attached hydrogen (secondary N) is 1. The van der Waals surface area contributed by atoms with Crippen molar-refractivity contribution in [2.24, 2.45) is 0 Å². The van der Waals surface area contributed by atoms with Crippen LogP contribution in [0.4, 0.5) is 0 Å². The van der Waals surface area contributed by atoms with Crippen molar-refractivity contribution in [2.45, 2.75) is 0 Å². The van der Waals surface area contributed by atoms with E-state index in [-0.39, 0.29) is 18.6 Å². The van der Waals surface area contributed by atoms with E-state index in [4.69, 9.17) is 9.47 Å². The number of nitrogens with zero attached hydrogens (tertiary/aromatic N) is 2. The molecule has 0 radical (unpaired) electrons. The van der Waals surface area contributed by atoms with E-state index < -0.39 is 0 Å². The van der Waals surface area contributed by atoms with E-state index in [1.165, 1.54) is 0 Å². The highest BCUT2D eigenvalue weighted by Gasteiger charge is 2.22. The monoisotopic (exact) mass is 459 g/mol. The number of halogens is 1. The Morgan fingerprint density at radius 1 is 0.931 bits per heavy atom. The minimum atomic E-state index is -0.132. The highest BCUT2D eigenvalue weighted by atomic mass is 79.9. The molecule has 0 spiro atoms. The molecule has 2 aromatic rings. The van der Waals surface area contributed by atoms with Crippen LogP contribution < -0.4 is 14.8 Å². The summed E-state index contributed by atoms with van der Waals surface area (Å²) < 4.78 is 11.5. The molecule has 29 heavy (non-hydrogen) atoms. The van der Waals surface area contributed by atoms with Crippen molar-refractivity contribution < 1.29 is 19.1 Å². The molecule has 0 aliphatic carbocycles. The van der Waals surface area contributed by atoms with E-state index in [0.29, 0.717) is 42.3 Å². The van der Waals surface area contributed by atoms with Gasteiger partial charge in [0.05, 0.1) is 0 Å². The van der Waals surface area contributed by atoms with Crippen LogP contribution in [0.5, 0.6) is 11.5 Å². The molecule has 2 aliphatic rings. The third-order valence-electron chi connectivity index (χ3n) is 5.10. The fourth-order valence-electron chi connectivity index (χ4n) is 3.42. The van der Waals surface area contributed by atoms with E-state index in [1.807, 2.05) is 29.2 Å². The Morgan fingerprint density at radius 3 is 2.38 bits per heavy atom. The third kappa shape index (κ3) is 4.71. The van der Waals surface area contributed by atoms with Crippen LogP contribution in [0.25, 0.3) is 0 Å². The maximum Gasteiger partial charge on any atom is 0.253 e. The van der Waals surface area contributed by atoms with E-state index in [0.717, 1.165) is 24.1 Å². The van der Waals surface area contributed by atoms with Gasteiger partial charge in [0.15, 0.2) is 11.5 Å². The van der Waals surface area contributed by atoms with Gasteiger partial charge in [-0.15, -0.1) is 0 Å². The number of piperazine rings is 1. The topological polar surface area (TPSA) is 71.1 Å². The van der Waals surface area contributed by atoms with E-state index >= 15 is 0 Å². The molecule has 1 N–H and O–H groups in total. The van der Waals surface area contributed by atoms with E-state index in [2.05, 4.69) is 26.1 Å². The lowest BCUT2D eigenvalue weighted by Crippen LogP contribution is -2.50. The number of amides is 2. The SMILES string of the molecule is O=C(NCCN1CCN(C(=O)c2ccc(Br)cc2)CC1)c1ccc2c(c1)OCO2. The van der Waals surface area contributed by atoms with Gasteiger partial charge in [-0.25, -0.2) is 0 Å². The largest absolute Gasteiger partial charge is 0.454 e. The molecule has 7 nitrogen and oxygen atoms in total. The summed E-state index contributed by atoms with van der Waals surface area (Å²) in [6.45, 7) is 4.45. The average molecular weight is 460 g/mol. The van der Waals surface area contributed by atoms with Crippen molar-refractivity contribution in [1.82, 2.24) is 15.1 Å². The molecule has 4 rings (SSSR count). The Kier molecular flexibility index (Phi) is 6.01. The maximum atomic E-state index is 12.6. The Balaban J connectivity index is 1.20. The Morgan fingerprint density at radius 2 is 1.62 bits per heavy atom. The van der Waals surface area contributed by atoms with Gasteiger partial charge in [0.2, 0.25) is 6.79 Å². The molecule has 2 heterocycles. The first-order valence-electron chi connectivity index (χ1n) is 9.55. The minimum Gasteiger partial charge on any atom is -0.454 e. The highest BCUT2D eigenvalue weighted by Crippen LogP contribution is 2.32. The predicted molar refractivity (Wildman–Crippen MR) is 111 cm³/mol. The number of hydrogen-bond donors (Lipinski definition) is 1. The Labute approximate surface area is 177 Å². The van der Waals surface area contributed by atoms with Crippen molar-refractivity contribution in [2.75, 3.05) is 46.1 Å². The van der Waals surface area contributed by atoms with Crippen molar-refractivity contribution in [3.05, 3.63) is 58.1 Å². The Hall–Kier alpha value is -2.58. The molecule has 1 fully saturated rings. The van der Waals surface area contributed by atoms with Gasteiger partial charge in [0.1, 0.15) is 0 Å². The van der Waals surface area contributed by atoms with Crippen LogP contribution in [-0.2, 0) is 0 Å². The second-order valence-corrected chi connectivity index (χ2v) is 7.88. The number of benzene rings is 2. The molecule has 1 saturated heterocycles. The van der Waals surface area contributed by atoms with E-state index in [9.17, 15) is 9.59 Å². The first-order chi connectivity index (χ1) is 14.1. The third-order valence-corrected chi connectivity index (χ3v) is 5.63. The number of fused-ring (bicyclic) bond motifs is 1. The van der Waals surface area contributed by atoms with Crippen LogP contribution in [0.2, 0.25) is 0 Å². The number of hydrogen-bond acceptors (Lipinski definition) is 5. The van der Waals surface area contributed by atoms with Gasteiger partial charge >= 0.3 is 0 Å². The molecular weight excluding hydrogens is 438 g/mol. The van der Waals surface area contributed by atoms with Gasteiger partial charge in [0.25, 0.3) is 11.8 Å². The van der Waals surface area contributed by atoms with Gasteiger partial charge in [-0.05, 0) is 42.5 Å². The maximum absolute atomic E-state index is 12.6. The average Bonchev–Trinajstić information content (AvgIpc) is 3.22. The summed E-state index contributed by atoms with van der Waals surface area (Å²) in [5.74, 6) is 1.20. The summed E-state index contributed by atoms with van der Waals surface area (Å²) in [5, 5.41) is 2.94. The lowest BCUT2D eigenvalue weighted by atomic mass is 10.2. The number of rotatable bonds is 5. The minimum absolute atomic E-state index is 0.0632. The number of carbonyl (C=O) groups is 2. The molecular formula is C21H22BrN3O4. The van der Waals surface area contributed by atoms with Crippen LogP contribution in [0.3, 0.4) is 0 Å². The van der Waals surface area contributed by atoms with Crippen LogP contribution in [-0.4, -0.2) is 67.7 Å². The molecule has 0 atom stereocenters. The van der Waals surface area contributed by atoms with Crippen LogP contribution >= 0.6 is 15.9 Å². The summed E-state index contributed by atoms with van der Waals surface area (Å²) in [5.41, 5.74) is 1.26. The van der Waals surface area contributed by atoms with Crippen molar-refractivity contribution in [3.8, 4) is 11.5 Å². The molecule has 8 heteroatoms. The molecule has 0 unspecified atom stereocenters. The van der Waals surface area contributed by atoms with Crippen LogP contribution in [0, 0.1) is 0 Å². The molecule has 2 aliphatic heterocycles. The fourth-order valence-corrected chi connectivity index (χ4v) is 3.68. The molecule has 2 aromatic carbocycles. The summed E-state index contributed by atoms with van der Waals surface area (Å²) >= 11 is 3.39. The van der Waals surface area contributed by atoms with Gasteiger partial charge in [-0.3, -0.25) is 14.5 Å². The van der Waals surface area contributed by atoms with E-state index in [1.54, 1.807) is 18.2 Å². The van der Waals surface area contributed by atoms with Crippen molar-refractivity contribution in [1.29, 1.82) is 0 Å². The second-order valence-electron chi connectivity index (χ2n) is 6.96. The fraction of sp³-hybridized carbons (Fsp3) is 0.333. The second kappa shape index (κ2) is 8.84. The summed E-state index contributed by atoms with van der Waals surface area (Å²) in [6, 6.07) is 12.6. The summed E-state index contributed by atoms with van der Waals surface area (Å²) in [4.78, 5) is 29.0. The normalized spacial score (nSPS) is 16.0. The number of carbonyl (C=O) groups excluding carboxylic acids is 2. The molecule has 0 aromatic heterocycles. The zero-order chi connectivity index (χ0) is 20.2. The first kappa shape index (κ1) is 19.7. The Bertz CT molecular complexity index is 895. The number of ether oxygens (including phenoxy) is 2. The quantitative estimate of drug-likeness (QED) is 0.742. The summed E-state index contributed by atoms with van der Waals surface area (Å²) in [7, 11) is 0. The molecule has 0 saturated carbocycles.